The van der Waals surface area contributed by atoms with E-state index in [1.54, 1.807) is 11.3 Å². The molecule has 0 bridgehead atoms. The number of unbranched alkanes of at least 4 members (excludes halogenated alkanes) is 1. The van der Waals surface area contributed by atoms with E-state index in [1.165, 1.54) is 0 Å². The number of aliphatic hydroxyl groups is 1. The van der Waals surface area contributed by atoms with Crippen molar-refractivity contribution in [1.29, 1.82) is 0 Å². The van der Waals surface area contributed by atoms with Gasteiger partial charge in [-0.05, 0) is 34.8 Å². The molecule has 2 aromatic heterocycles. The van der Waals surface area contributed by atoms with E-state index in [1.807, 2.05) is 11.4 Å². The number of aromatic nitrogens is 2. The van der Waals surface area contributed by atoms with E-state index in [-0.39, 0.29) is 6.61 Å². The molecule has 86 valence electrons. The fourth-order valence-electron chi connectivity index (χ4n) is 1.27. The topological polar surface area (TPSA) is 59.2 Å². The third kappa shape index (κ3) is 2.90. The summed E-state index contributed by atoms with van der Waals surface area (Å²) in [6.07, 6.45) is 2.36. The van der Waals surface area contributed by atoms with Crippen molar-refractivity contribution < 1.29 is 9.63 Å². The van der Waals surface area contributed by atoms with E-state index in [2.05, 4.69) is 26.1 Å². The lowest BCUT2D eigenvalue weighted by atomic mass is 10.2. The van der Waals surface area contributed by atoms with Crippen molar-refractivity contribution in [2.45, 2.75) is 19.3 Å². The second-order valence-corrected chi connectivity index (χ2v) is 5.15. The Morgan fingerprint density at radius 3 is 3.00 bits per heavy atom. The number of hydrogen-bond donors (Lipinski definition) is 1. The third-order valence-electron chi connectivity index (χ3n) is 2.05. The van der Waals surface area contributed by atoms with E-state index < -0.39 is 0 Å². The molecule has 0 saturated carbocycles. The summed E-state index contributed by atoms with van der Waals surface area (Å²) in [7, 11) is 0. The van der Waals surface area contributed by atoms with Crippen LogP contribution in [0, 0.1) is 0 Å². The van der Waals surface area contributed by atoms with Gasteiger partial charge >= 0.3 is 0 Å². The molecule has 0 unspecified atom stereocenters. The van der Waals surface area contributed by atoms with Crippen molar-refractivity contribution in [3.05, 3.63) is 21.8 Å². The van der Waals surface area contributed by atoms with Gasteiger partial charge in [0.15, 0.2) is 0 Å². The van der Waals surface area contributed by atoms with E-state index in [0.29, 0.717) is 11.7 Å². The average molecular weight is 303 g/mol. The Morgan fingerprint density at radius 1 is 1.44 bits per heavy atom. The first-order valence-corrected chi connectivity index (χ1v) is 6.64. The Labute approximate surface area is 105 Å². The van der Waals surface area contributed by atoms with Crippen molar-refractivity contribution in [1.82, 2.24) is 10.1 Å². The predicted molar refractivity (Wildman–Crippen MR) is 65.3 cm³/mol. The maximum absolute atomic E-state index is 8.66. The molecule has 0 spiro atoms. The highest BCUT2D eigenvalue weighted by atomic mass is 79.9. The fraction of sp³-hybridized carbons (Fsp3) is 0.400. The standard InChI is InChI=1S/C10H11BrN2O2S/c11-7-5-8(16-6-7)10-12-9(15-13-10)3-1-2-4-14/h5-6,14H,1-4H2. The van der Waals surface area contributed by atoms with Crippen molar-refractivity contribution in [2.24, 2.45) is 0 Å². The summed E-state index contributed by atoms with van der Waals surface area (Å²) < 4.78 is 6.15. The van der Waals surface area contributed by atoms with Crippen molar-refractivity contribution in [3.63, 3.8) is 0 Å². The smallest absolute Gasteiger partial charge is 0.226 e. The zero-order valence-corrected chi connectivity index (χ0v) is 10.9. The molecular weight excluding hydrogens is 292 g/mol. The number of aliphatic hydroxyl groups excluding tert-OH is 1. The number of thiophene rings is 1. The van der Waals surface area contributed by atoms with Gasteiger partial charge in [0.25, 0.3) is 0 Å². The number of aryl methyl sites for hydroxylation is 1. The van der Waals surface area contributed by atoms with E-state index in [9.17, 15) is 0 Å². The third-order valence-corrected chi connectivity index (χ3v) is 3.74. The SMILES string of the molecule is OCCCCc1nc(-c2cc(Br)cs2)no1. The zero-order chi connectivity index (χ0) is 11.4. The van der Waals surface area contributed by atoms with Crippen LogP contribution in [-0.4, -0.2) is 21.9 Å². The van der Waals surface area contributed by atoms with Gasteiger partial charge in [0.2, 0.25) is 11.7 Å². The molecule has 0 radical (unpaired) electrons. The zero-order valence-electron chi connectivity index (χ0n) is 8.52. The van der Waals surface area contributed by atoms with Gasteiger partial charge in [0.1, 0.15) is 0 Å². The highest BCUT2D eigenvalue weighted by Gasteiger charge is 2.09. The maximum Gasteiger partial charge on any atom is 0.226 e. The number of rotatable bonds is 5. The molecule has 2 rings (SSSR count). The molecule has 16 heavy (non-hydrogen) atoms. The molecule has 0 atom stereocenters. The minimum absolute atomic E-state index is 0.207. The summed E-state index contributed by atoms with van der Waals surface area (Å²) in [5.74, 6) is 1.27. The summed E-state index contributed by atoms with van der Waals surface area (Å²) in [5.41, 5.74) is 0. The van der Waals surface area contributed by atoms with Gasteiger partial charge in [-0.3, -0.25) is 0 Å². The summed E-state index contributed by atoms with van der Waals surface area (Å²) in [6, 6.07) is 1.97. The van der Waals surface area contributed by atoms with Gasteiger partial charge in [-0.25, -0.2) is 0 Å². The van der Waals surface area contributed by atoms with Crippen LogP contribution < -0.4 is 0 Å². The Balaban J connectivity index is 2.02. The fourth-order valence-corrected chi connectivity index (χ4v) is 2.63. The molecule has 6 heteroatoms. The quantitative estimate of drug-likeness (QED) is 0.863. The van der Waals surface area contributed by atoms with E-state index >= 15 is 0 Å². The van der Waals surface area contributed by atoms with Crippen LogP contribution in [0.2, 0.25) is 0 Å². The molecule has 2 heterocycles. The maximum atomic E-state index is 8.66. The second kappa shape index (κ2) is 5.56. The molecule has 0 aromatic carbocycles. The van der Waals surface area contributed by atoms with Crippen molar-refractivity contribution in [2.75, 3.05) is 6.61 Å². The Hall–Kier alpha value is -0.720. The molecule has 0 aliphatic carbocycles. The van der Waals surface area contributed by atoms with Crippen LogP contribution in [0.4, 0.5) is 0 Å². The first-order chi connectivity index (χ1) is 7.79. The van der Waals surface area contributed by atoms with Crippen LogP contribution in [0.1, 0.15) is 18.7 Å². The van der Waals surface area contributed by atoms with Gasteiger partial charge in [-0.15, -0.1) is 11.3 Å². The van der Waals surface area contributed by atoms with E-state index in [0.717, 1.165) is 28.6 Å². The van der Waals surface area contributed by atoms with Crippen LogP contribution in [0.25, 0.3) is 10.7 Å². The minimum atomic E-state index is 0.207. The average Bonchev–Trinajstić information content (AvgIpc) is 2.87. The van der Waals surface area contributed by atoms with Gasteiger partial charge in [-0.1, -0.05) is 5.16 Å². The van der Waals surface area contributed by atoms with Crippen LogP contribution in [0.5, 0.6) is 0 Å². The van der Waals surface area contributed by atoms with Crippen molar-refractivity contribution >= 4 is 27.3 Å². The molecular formula is C10H11BrN2O2S. The number of halogens is 1. The lowest BCUT2D eigenvalue weighted by Gasteiger charge is -1.90. The predicted octanol–water partition coefficient (Wildman–Crippen LogP) is 2.88. The lowest BCUT2D eigenvalue weighted by molar-refractivity contribution is 0.281. The van der Waals surface area contributed by atoms with Gasteiger partial charge in [0, 0.05) is 22.9 Å². The van der Waals surface area contributed by atoms with Crippen molar-refractivity contribution in [3.8, 4) is 10.7 Å². The first-order valence-electron chi connectivity index (χ1n) is 4.97. The molecule has 2 aromatic rings. The summed E-state index contributed by atoms with van der Waals surface area (Å²) in [6.45, 7) is 0.207. The Kier molecular flexibility index (Phi) is 4.09. The Morgan fingerprint density at radius 2 is 2.31 bits per heavy atom. The molecule has 1 N–H and O–H groups in total. The number of hydrogen-bond acceptors (Lipinski definition) is 5. The molecule has 0 saturated heterocycles. The highest BCUT2D eigenvalue weighted by molar-refractivity contribution is 9.10. The lowest BCUT2D eigenvalue weighted by Crippen LogP contribution is -1.88. The first kappa shape index (κ1) is 11.8. The molecule has 0 aliphatic heterocycles. The summed E-state index contributed by atoms with van der Waals surface area (Å²) in [4.78, 5) is 5.29. The van der Waals surface area contributed by atoms with Gasteiger partial charge < -0.3 is 9.63 Å². The molecule has 0 aliphatic rings. The minimum Gasteiger partial charge on any atom is -0.396 e. The van der Waals surface area contributed by atoms with E-state index in [4.69, 9.17) is 9.63 Å². The normalized spacial score (nSPS) is 10.9. The molecule has 0 amide bonds. The van der Waals surface area contributed by atoms with Crippen LogP contribution >= 0.6 is 27.3 Å². The summed E-state index contributed by atoms with van der Waals surface area (Å²) in [5, 5.41) is 14.6. The van der Waals surface area contributed by atoms with Gasteiger partial charge in [-0.2, -0.15) is 4.98 Å². The molecule has 0 fully saturated rings. The second-order valence-electron chi connectivity index (χ2n) is 3.32. The van der Waals surface area contributed by atoms with Crippen LogP contribution in [-0.2, 0) is 6.42 Å². The van der Waals surface area contributed by atoms with Crippen LogP contribution in [0.15, 0.2) is 20.4 Å². The van der Waals surface area contributed by atoms with Gasteiger partial charge in [0.05, 0.1) is 4.88 Å². The highest BCUT2D eigenvalue weighted by Crippen LogP contribution is 2.27. The number of nitrogens with zero attached hydrogens (tertiary/aromatic N) is 2. The van der Waals surface area contributed by atoms with Crippen LogP contribution in [0.3, 0.4) is 0 Å². The molecule has 4 nitrogen and oxygen atoms in total. The monoisotopic (exact) mass is 302 g/mol. The largest absolute Gasteiger partial charge is 0.396 e. The summed E-state index contributed by atoms with van der Waals surface area (Å²) >= 11 is 4.96. The Bertz CT molecular complexity index is 455.